The topological polar surface area (TPSA) is 70.2 Å². The van der Waals surface area contributed by atoms with Crippen molar-refractivity contribution in [3.05, 3.63) is 23.8 Å². The van der Waals surface area contributed by atoms with E-state index in [0.717, 1.165) is 30.1 Å². The molecule has 1 saturated heterocycles. The molecule has 1 aromatic carbocycles. The van der Waals surface area contributed by atoms with Crippen LogP contribution in [0, 0.1) is 5.92 Å². The van der Waals surface area contributed by atoms with Crippen LogP contribution in [-0.2, 0) is 4.79 Å². The van der Waals surface area contributed by atoms with Crippen LogP contribution in [0.2, 0.25) is 0 Å². The van der Waals surface area contributed by atoms with Crippen molar-refractivity contribution in [2.24, 2.45) is 5.92 Å². The fraction of sp³-hybridized carbons (Fsp3) is 0.500. The number of thioether (sulfide) groups is 1. The zero-order valence-electron chi connectivity index (χ0n) is 13.1. The Balaban J connectivity index is 0.00000192. The SMILES string of the molecule is CC1Sc2ccc(C(=O)NCCC3CCNC3)cc2NC1=O.Cl. The van der Waals surface area contributed by atoms with E-state index in [4.69, 9.17) is 0 Å². The van der Waals surface area contributed by atoms with Gasteiger partial charge >= 0.3 is 0 Å². The Bertz CT molecular complexity index is 591. The lowest BCUT2D eigenvalue weighted by molar-refractivity contribution is -0.115. The van der Waals surface area contributed by atoms with Gasteiger partial charge in [-0.2, -0.15) is 0 Å². The van der Waals surface area contributed by atoms with Crippen LogP contribution in [0.25, 0.3) is 0 Å². The molecule has 2 aliphatic rings. The number of carbonyl (C=O) groups is 2. The summed E-state index contributed by atoms with van der Waals surface area (Å²) in [6.45, 7) is 4.71. The van der Waals surface area contributed by atoms with E-state index in [-0.39, 0.29) is 29.5 Å². The molecule has 3 rings (SSSR count). The first kappa shape index (κ1) is 18.1. The van der Waals surface area contributed by atoms with Gasteiger partial charge in [-0.25, -0.2) is 0 Å². The molecule has 126 valence electrons. The van der Waals surface area contributed by atoms with Crippen molar-refractivity contribution >= 4 is 41.7 Å². The standard InChI is InChI=1S/C16H21N3O2S.ClH/c1-10-15(20)19-13-8-12(2-3-14(13)22-10)16(21)18-7-5-11-4-6-17-9-11;/h2-3,8,10-11,17H,4-7,9H2,1H3,(H,18,21)(H,19,20);1H. The summed E-state index contributed by atoms with van der Waals surface area (Å²) in [6, 6.07) is 5.49. The van der Waals surface area contributed by atoms with Crippen molar-refractivity contribution < 1.29 is 9.59 Å². The minimum atomic E-state index is -0.0906. The molecule has 2 heterocycles. The molecular weight excluding hydrogens is 334 g/mol. The van der Waals surface area contributed by atoms with E-state index >= 15 is 0 Å². The second-order valence-electron chi connectivity index (χ2n) is 5.86. The van der Waals surface area contributed by atoms with E-state index in [2.05, 4.69) is 16.0 Å². The van der Waals surface area contributed by atoms with Crippen LogP contribution in [0.3, 0.4) is 0 Å². The quantitative estimate of drug-likeness (QED) is 0.775. The van der Waals surface area contributed by atoms with E-state index in [0.29, 0.717) is 18.0 Å². The molecule has 0 aromatic heterocycles. The fourth-order valence-corrected chi connectivity index (χ4v) is 3.73. The van der Waals surface area contributed by atoms with E-state index in [1.165, 1.54) is 18.2 Å². The summed E-state index contributed by atoms with van der Waals surface area (Å²) in [7, 11) is 0. The summed E-state index contributed by atoms with van der Waals surface area (Å²) in [4.78, 5) is 24.9. The number of fused-ring (bicyclic) bond motifs is 1. The van der Waals surface area contributed by atoms with Gasteiger partial charge in [-0.15, -0.1) is 24.2 Å². The fourth-order valence-electron chi connectivity index (χ4n) is 2.80. The highest BCUT2D eigenvalue weighted by molar-refractivity contribution is 8.00. The summed E-state index contributed by atoms with van der Waals surface area (Å²) in [6.07, 6.45) is 2.20. The Kier molecular flexibility index (Phi) is 6.33. The lowest BCUT2D eigenvalue weighted by Crippen LogP contribution is -2.28. The molecule has 0 aliphatic carbocycles. The van der Waals surface area contributed by atoms with Crippen LogP contribution in [0.1, 0.15) is 30.1 Å². The summed E-state index contributed by atoms with van der Waals surface area (Å²) < 4.78 is 0. The molecule has 3 N–H and O–H groups in total. The highest BCUT2D eigenvalue weighted by atomic mass is 35.5. The van der Waals surface area contributed by atoms with Crippen molar-refractivity contribution in [1.29, 1.82) is 0 Å². The summed E-state index contributed by atoms with van der Waals surface area (Å²) in [5.74, 6) is 0.580. The maximum absolute atomic E-state index is 12.2. The number of benzene rings is 1. The molecule has 2 unspecified atom stereocenters. The second-order valence-corrected chi connectivity index (χ2v) is 7.25. The number of nitrogens with one attached hydrogen (secondary N) is 3. The molecule has 5 nitrogen and oxygen atoms in total. The minimum Gasteiger partial charge on any atom is -0.352 e. The predicted molar refractivity (Wildman–Crippen MR) is 95.6 cm³/mol. The molecule has 2 aliphatic heterocycles. The average molecular weight is 356 g/mol. The molecule has 0 spiro atoms. The average Bonchev–Trinajstić information content (AvgIpc) is 3.01. The predicted octanol–water partition coefficient (Wildman–Crippen LogP) is 2.27. The molecule has 1 aromatic rings. The van der Waals surface area contributed by atoms with Crippen LogP contribution in [-0.4, -0.2) is 36.7 Å². The Morgan fingerprint density at radius 3 is 3.00 bits per heavy atom. The van der Waals surface area contributed by atoms with Gasteiger partial charge in [0.25, 0.3) is 5.91 Å². The summed E-state index contributed by atoms with van der Waals surface area (Å²) in [5, 5.41) is 9.06. The van der Waals surface area contributed by atoms with Gasteiger partial charge in [0.2, 0.25) is 5.91 Å². The third kappa shape index (κ3) is 4.40. The molecule has 2 atom stereocenters. The first-order chi connectivity index (χ1) is 10.6. The van der Waals surface area contributed by atoms with Gasteiger partial charge in [0.05, 0.1) is 10.9 Å². The molecule has 0 saturated carbocycles. The molecule has 2 amide bonds. The first-order valence-electron chi connectivity index (χ1n) is 7.74. The molecule has 0 bridgehead atoms. The highest BCUT2D eigenvalue weighted by Gasteiger charge is 2.23. The molecular formula is C16H22ClN3O2S. The van der Waals surface area contributed by atoms with Crippen LogP contribution in [0.15, 0.2) is 23.1 Å². The lowest BCUT2D eigenvalue weighted by atomic mass is 10.1. The normalized spacial score (nSPS) is 22.7. The van der Waals surface area contributed by atoms with E-state index in [1.807, 2.05) is 19.1 Å². The smallest absolute Gasteiger partial charge is 0.251 e. The minimum absolute atomic E-state index is 0. The number of hydrogen-bond acceptors (Lipinski definition) is 4. The Morgan fingerprint density at radius 2 is 2.26 bits per heavy atom. The second kappa shape index (κ2) is 8.04. The van der Waals surface area contributed by atoms with Gasteiger partial charge in [-0.05, 0) is 57.0 Å². The highest BCUT2D eigenvalue weighted by Crippen LogP contribution is 2.35. The van der Waals surface area contributed by atoms with Gasteiger partial charge in [-0.1, -0.05) is 0 Å². The van der Waals surface area contributed by atoms with Crippen molar-refractivity contribution in [1.82, 2.24) is 10.6 Å². The van der Waals surface area contributed by atoms with Gasteiger partial charge in [-0.3, -0.25) is 9.59 Å². The van der Waals surface area contributed by atoms with Crippen LogP contribution < -0.4 is 16.0 Å². The molecule has 0 radical (unpaired) electrons. The molecule has 23 heavy (non-hydrogen) atoms. The summed E-state index contributed by atoms with van der Waals surface area (Å²) in [5.41, 5.74) is 1.33. The van der Waals surface area contributed by atoms with Gasteiger partial charge in [0.1, 0.15) is 0 Å². The number of hydrogen-bond donors (Lipinski definition) is 3. The molecule has 7 heteroatoms. The van der Waals surface area contributed by atoms with Crippen molar-refractivity contribution in [3.8, 4) is 0 Å². The Morgan fingerprint density at radius 1 is 1.43 bits per heavy atom. The van der Waals surface area contributed by atoms with E-state index in [9.17, 15) is 9.59 Å². The largest absolute Gasteiger partial charge is 0.352 e. The lowest BCUT2D eigenvalue weighted by Gasteiger charge is -2.21. The van der Waals surface area contributed by atoms with Crippen molar-refractivity contribution in [2.45, 2.75) is 29.9 Å². The zero-order chi connectivity index (χ0) is 15.5. The third-order valence-corrected chi connectivity index (χ3v) is 5.35. The number of rotatable bonds is 4. The monoisotopic (exact) mass is 355 g/mol. The van der Waals surface area contributed by atoms with Crippen LogP contribution >= 0.6 is 24.2 Å². The van der Waals surface area contributed by atoms with Crippen molar-refractivity contribution in [3.63, 3.8) is 0 Å². The van der Waals surface area contributed by atoms with E-state index < -0.39 is 0 Å². The molecule has 1 fully saturated rings. The van der Waals surface area contributed by atoms with E-state index in [1.54, 1.807) is 6.07 Å². The Hall–Kier alpha value is -1.24. The maximum atomic E-state index is 12.2. The number of halogens is 1. The van der Waals surface area contributed by atoms with Gasteiger partial charge in [0, 0.05) is 17.0 Å². The summed E-state index contributed by atoms with van der Waals surface area (Å²) >= 11 is 1.52. The van der Waals surface area contributed by atoms with Gasteiger partial charge < -0.3 is 16.0 Å². The number of carbonyl (C=O) groups excluding carboxylic acids is 2. The number of amides is 2. The Labute approximate surface area is 146 Å². The first-order valence-corrected chi connectivity index (χ1v) is 8.62. The van der Waals surface area contributed by atoms with Crippen LogP contribution in [0.4, 0.5) is 5.69 Å². The zero-order valence-corrected chi connectivity index (χ0v) is 14.7. The van der Waals surface area contributed by atoms with Gasteiger partial charge in [0.15, 0.2) is 0 Å². The van der Waals surface area contributed by atoms with Crippen LogP contribution in [0.5, 0.6) is 0 Å². The van der Waals surface area contributed by atoms with Crippen molar-refractivity contribution in [2.75, 3.05) is 25.0 Å². The maximum Gasteiger partial charge on any atom is 0.251 e. The number of anilines is 1. The third-order valence-electron chi connectivity index (χ3n) is 4.17.